The average molecular weight is 459 g/mol. The number of ketones is 1. The molecule has 0 bridgehead atoms. The van der Waals surface area contributed by atoms with Crippen LogP contribution in [0.15, 0.2) is 29.1 Å². The molecule has 11 heteroatoms. The molecule has 7 nitrogen and oxygen atoms in total. The second-order valence-electron chi connectivity index (χ2n) is 5.63. The summed E-state index contributed by atoms with van der Waals surface area (Å²) in [7, 11) is -3.82. The van der Waals surface area contributed by atoms with Crippen molar-refractivity contribution in [2.75, 3.05) is 10.5 Å². The maximum atomic E-state index is 14.8. The van der Waals surface area contributed by atoms with Crippen molar-refractivity contribution < 1.29 is 22.0 Å². The molecule has 2 aromatic heterocycles. The van der Waals surface area contributed by atoms with E-state index in [1.165, 1.54) is 12.4 Å². The second-order valence-corrected chi connectivity index (χ2v) is 8.28. The van der Waals surface area contributed by atoms with Gasteiger partial charge in [-0.1, -0.05) is 6.92 Å². The molecule has 0 radical (unpaired) electrons. The molecule has 0 aliphatic rings. The van der Waals surface area contributed by atoms with Crippen molar-refractivity contribution >= 4 is 48.6 Å². The van der Waals surface area contributed by atoms with Crippen LogP contribution < -0.4 is 4.72 Å². The standard InChI is InChI=1S/C16H13BrF2N4O3S/c1-2-5-27(25,26)23-10-4-3-9(18)12(13(10)19)15(24)8-6-20-16-14(8)22-11(17)7-21-16/h3-4,6-7,23H,2,5H2,1H3,(H,20,21). The first-order valence-electron chi connectivity index (χ1n) is 7.76. The van der Waals surface area contributed by atoms with E-state index in [4.69, 9.17) is 0 Å². The number of nitrogens with one attached hydrogen (secondary N) is 2. The van der Waals surface area contributed by atoms with Gasteiger partial charge in [-0.2, -0.15) is 0 Å². The highest BCUT2D eigenvalue weighted by atomic mass is 79.9. The lowest BCUT2D eigenvalue weighted by molar-refractivity contribution is 0.103. The number of benzene rings is 1. The van der Waals surface area contributed by atoms with E-state index >= 15 is 0 Å². The van der Waals surface area contributed by atoms with Gasteiger partial charge in [-0.05, 0) is 34.5 Å². The molecule has 0 atom stereocenters. The second kappa shape index (κ2) is 7.31. The van der Waals surface area contributed by atoms with Gasteiger partial charge < -0.3 is 4.98 Å². The average Bonchev–Trinajstić information content (AvgIpc) is 3.00. The van der Waals surface area contributed by atoms with Crippen LogP contribution >= 0.6 is 15.9 Å². The molecular weight excluding hydrogens is 446 g/mol. The molecule has 0 aliphatic heterocycles. The first-order valence-corrected chi connectivity index (χ1v) is 10.2. The summed E-state index contributed by atoms with van der Waals surface area (Å²) in [5.41, 5.74) is -1.08. The van der Waals surface area contributed by atoms with Crippen LogP contribution in [0.4, 0.5) is 14.5 Å². The van der Waals surface area contributed by atoms with Crippen LogP contribution in [0.5, 0.6) is 0 Å². The summed E-state index contributed by atoms with van der Waals surface area (Å²) in [6, 6.07) is 1.76. The third-order valence-electron chi connectivity index (χ3n) is 3.65. The molecule has 0 amide bonds. The Morgan fingerprint density at radius 3 is 2.78 bits per heavy atom. The first kappa shape index (κ1) is 19.4. The van der Waals surface area contributed by atoms with E-state index in [-0.39, 0.29) is 22.5 Å². The number of H-pyrrole nitrogens is 1. The molecule has 142 valence electrons. The van der Waals surface area contributed by atoms with E-state index in [1.54, 1.807) is 6.92 Å². The van der Waals surface area contributed by atoms with Crippen molar-refractivity contribution in [1.82, 2.24) is 15.0 Å². The number of fused-ring (bicyclic) bond motifs is 1. The molecule has 3 rings (SSSR count). The van der Waals surface area contributed by atoms with Crippen LogP contribution in [-0.2, 0) is 10.0 Å². The molecule has 2 heterocycles. The summed E-state index contributed by atoms with van der Waals surface area (Å²) in [6.07, 6.45) is 2.95. The molecule has 0 aliphatic carbocycles. The molecular formula is C16H13BrF2N4O3S. The molecule has 0 fully saturated rings. The molecule has 1 aromatic carbocycles. The predicted molar refractivity (Wildman–Crippen MR) is 99.1 cm³/mol. The molecule has 0 unspecified atom stereocenters. The molecule has 0 saturated carbocycles. The monoisotopic (exact) mass is 458 g/mol. The number of hydrogen-bond donors (Lipinski definition) is 2. The minimum Gasteiger partial charge on any atom is -0.344 e. The van der Waals surface area contributed by atoms with E-state index < -0.39 is 38.7 Å². The smallest absolute Gasteiger partial charge is 0.232 e. The predicted octanol–water partition coefficient (Wildman–Crippen LogP) is 3.38. The van der Waals surface area contributed by atoms with Gasteiger partial charge in [0.05, 0.1) is 28.8 Å². The molecule has 27 heavy (non-hydrogen) atoms. The van der Waals surface area contributed by atoms with Crippen LogP contribution in [0.2, 0.25) is 0 Å². The normalized spacial score (nSPS) is 11.7. The minimum atomic E-state index is -3.82. The third kappa shape index (κ3) is 3.83. The summed E-state index contributed by atoms with van der Waals surface area (Å²) in [5.74, 6) is -3.63. The van der Waals surface area contributed by atoms with E-state index in [2.05, 4.69) is 30.9 Å². The Morgan fingerprint density at radius 2 is 2.07 bits per heavy atom. The van der Waals surface area contributed by atoms with E-state index in [9.17, 15) is 22.0 Å². The number of sulfonamides is 1. The van der Waals surface area contributed by atoms with Crippen LogP contribution in [0, 0.1) is 11.6 Å². The lowest BCUT2D eigenvalue weighted by Crippen LogP contribution is -2.18. The number of carbonyl (C=O) groups excluding carboxylic acids is 1. The molecule has 2 N–H and O–H groups in total. The number of nitrogens with zero attached hydrogens (tertiary/aromatic N) is 2. The van der Waals surface area contributed by atoms with Gasteiger partial charge in [-0.3, -0.25) is 9.52 Å². The van der Waals surface area contributed by atoms with Gasteiger partial charge >= 0.3 is 0 Å². The van der Waals surface area contributed by atoms with E-state index in [1.807, 2.05) is 4.72 Å². The summed E-state index contributed by atoms with van der Waals surface area (Å²) < 4.78 is 55.1. The number of hydrogen-bond acceptors (Lipinski definition) is 5. The Morgan fingerprint density at radius 1 is 1.33 bits per heavy atom. The minimum absolute atomic E-state index is 0.0924. The highest BCUT2D eigenvalue weighted by Crippen LogP contribution is 2.27. The highest BCUT2D eigenvalue weighted by molar-refractivity contribution is 9.10. The van der Waals surface area contributed by atoms with E-state index in [0.717, 1.165) is 12.1 Å². The Labute approximate surface area is 161 Å². The molecule has 3 aromatic rings. The van der Waals surface area contributed by atoms with Crippen molar-refractivity contribution in [3.05, 3.63) is 51.9 Å². The fourth-order valence-corrected chi connectivity index (χ4v) is 3.92. The van der Waals surface area contributed by atoms with Crippen molar-refractivity contribution in [3.63, 3.8) is 0 Å². The Bertz CT molecular complexity index is 1150. The fraction of sp³-hybridized carbons (Fsp3) is 0.188. The topological polar surface area (TPSA) is 105 Å². The van der Waals surface area contributed by atoms with Gasteiger partial charge in [0.2, 0.25) is 15.8 Å². The molecule has 0 spiro atoms. The fourth-order valence-electron chi connectivity index (χ4n) is 2.50. The zero-order chi connectivity index (χ0) is 19.8. The van der Waals surface area contributed by atoms with E-state index in [0.29, 0.717) is 11.0 Å². The lowest BCUT2D eigenvalue weighted by Gasteiger charge is -2.11. The maximum Gasteiger partial charge on any atom is 0.232 e. The summed E-state index contributed by atoms with van der Waals surface area (Å²) in [6.45, 7) is 1.64. The van der Waals surface area contributed by atoms with Crippen molar-refractivity contribution in [2.24, 2.45) is 0 Å². The quantitative estimate of drug-likeness (QED) is 0.550. The SMILES string of the molecule is CCCS(=O)(=O)Nc1ccc(F)c(C(=O)c2c[nH]c3ncc(Br)nc23)c1F. The van der Waals surface area contributed by atoms with Crippen molar-refractivity contribution in [3.8, 4) is 0 Å². The Hall–Kier alpha value is -2.40. The summed E-state index contributed by atoms with van der Waals surface area (Å²) in [4.78, 5) is 23.6. The number of rotatable bonds is 6. The zero-order valence-corrected chi connectivity index (χ0v) is 16.3. The van der Waals surface area contributed by atoms with Gasteiger partial charge in [-0.15, -0.1) is 0 Å². The highest BCUT2D eigenvalue weighted by Gasteiger charge is 2.26. The van der Waals surface area contributed by atoms with Crippen molar-refractivity contribution in [2.45, 2.75) is 13.3 Å². The van der Waals surface area contributed by atoms with Gasteiger partial charge in [0.1, 0.15) is 15.9 Å². The van der Waals surface area contributed by atoms with Gasteiger partial charge in [-0.25, -0.2) is 27.2 Å². The molecule has 0 saturated heterocycles. The number of carbonyl (C=O) groups is 1. The lowest BCUT2D eigenvalue weighted by atomic mass is 10.0. The zero-order valence-electron chi connectivity index (χ0n) is 13.9. The Kier molecular flexibility index (Phi) is 5.24. The number of aromatic amines is 1. The van der Waals surface area contributed by atoms with Gasteiger partial charge in [0.25, 0.3) is 0 Å². The Balaban J connectivity index is 2.09. The van der Waals surface area contributed by atoms with Crippen LogP contribution in [0.1, 0.15) is 29.3 Å². The van der Waals surface area contributed by atoms with Crippen molar-refractivity contribution in [1.29, 1.82) is 0 Å². The third-order valence-corrected chi connectivity index (χ3v) is 5.51. The number of anilines is 1. The largest absolute Gasteiger partial charge is 0.344 e. The number of halogens is 3. The van der Waals surface area contributed by atoms with Crippen LogP contribution in [-0.4, -0.2) is 34.9 Å². The van der Waals surface area contributed by atoms with Gasteiger partial charge in [0, 0.05) is 6.20 Å². The first-order chi connectivity index (χ1) is 12.7. The van der Waals surface area contributed by atoms with Crippen LogP contribution in [0.25, 0.3) is 11.2 Å². The van der Waals surface area contributed by atoms with Crippen LogP contribution in [0.3, 0.4) is 0 Å². The number of aromatic nitrogens is 3. The van der Waals surface area contributed by atoms with Gasteiger partial charge in [0.15, 0.2) is 11.5 Å². The summed E-state index contributed by atoms with van der Waals surface area (Å²) in [5, 5.41) is 0. The maximum absolute atomic E-state index is 14.8. The summed E-state index contributed by atoms with van der Waals surface area (Å²) >= 11 is 3.12.